The van der Waals surface area contributed by atoms with Crippen LogP contribution in [0.5, 0.6) is 0 Å². The lowest BCUT2D eigenvalue weighted by atomic mass is 9.45. The minimum Gasteiger partial charge on any atom is -0.390 e. The van der Waals surface area contributed by atoms with Gasteiger partial charge in [-0.1, -0.05) is 13.8 Å². The molecule has 4 aliphatic rings. The molecule has 0 heterocycles. The summed E-state index contributed by atoms with van der Waals surface area (Å²) in [5, 5.41) is 65.5. The quantitative estimate of drug-likeness (QED) is 0.353. The largest absolute Gasteiger partial charge is 0.390 e. The molecule has 0 aliphatic heterocycles. The Morgan fingerprint density at radius 2 is 1.71 bits per heavy atom. The number of hydrogen-bond donors (Lipinski definition) is 6. The van der Waals surface area contributed by atoms with E-state index >= 15 is 0 Å². The fourth-order valence-corrected chi connectivity index (χ4v) is 8.32. The standard InChI is InChI=1S/C27H44O7/c1-23(2,32)9-8-22(31)26(5,33)21-7-11-27(34)16-12-18(28)17-13-19(29)20(30)14-24(17,3)15(16)6-10-25(21,27)4/h12,15,17,19-22,29-34H,6-11,13-14H2,1-5H3/t15?,17?,19-,20+,21?,22?,24?,25?,26-,27?/m1/s1. The first-order valence-corrected chi connectivity index (χ1v) is 12.9. The van der Waals surface area contributed by atoms with Crippen molar-refractivity contribution in [2.45, 2.75) is 121 Å². The number of fused-ring (bicyclic) bond motifs is 5. The summed E-state index contributed by atoms with van der Waals surface area (Å²) in [5.74, 6) is -0.948. The van der Waals surface area contributed by atoms with E-state index in [-0.39, 0.29) is 36.4 Å². The third-order valence-electron chi connectivity index (χ3n) is 10.5. The molecule has 6 N–H and O–H groups in total. The number of aliphatic hydroxyl groups excluding tert-OH is 3. The highest BCUT2D eigenvalue weighted by Crippen LogP contribution is 2.68. The summed E-state index contributed by atoms with van der Waals surface area (Å²) in [6, 6.07) is 0. The number of ketones is 1. The van der Waals surface area contributed by atoms with Crippen molar-refractivity contribution in [1.29, 1.82) is 0 Å². The van der Waals surface area contributed by atoms with Gasteiger partial charge in [0.25, 0.3) is 0 Å². The molecule has 0 spiro atoms. The van der Waals surface area contributed by atoms with Gasteiger partial charge in [-0.15, -0.1) is 0 Å². The summed E-state index contributed by atoms with van der Waals surface area (Å²) in [5.41, 5.74) is -4.27. The van der Waals surface area contributed by atoms with Crippen LogP contribution in [-0.4, -0.2) is 71.5 Å². The Hall–Kier alpha value is -0.830. The monoisotopic (exact) mass is 480 g/mol. The summed E-state index contributed by atoms with van der Waals surface area (Å²) in [7, 11) is 0. The van der Waals surface area contributed by atoms with Crippen molar-refractivity contribution in [3.8, 4) is 0 Å². The van der Waals surface area contributed by atoms with Gasteiger partial charge in [0.15, 0.2) is 5.78 Å². The zero-order valence-electron chi connectivity index (χ0n) is 21.3. The van der Waals surface area contributed by atoms with Crippen molar-refractivity contribution in [2.24, 2.45) is 28.6 Å². The zero-order chi connectivity index (χ0) is 25.5. The van der Waals surface area contributed by atoms with E-state index in [9.17, 15) is 35.4 Å². The summed E-state index contributed by atoms with van der Waals surface area (Å²) < 4.78 is 0. The van der Waals surface area contributed by atoms with Crippen LogP contribution >= 0.6 is 0 Å². The van der Waals surface area contributed by atoms with Gasteiger partial charge in [-0.2, -0.15) is 0 Å². The molecule has 0 bridgehead atoms. The molecule has 7 nitrogen and oxygen atoms in total. The molecule has 10 atom stereocenters. The van der Waals surface area contributed by atoms with Gasteiger partial charge in [0.1, 0.15) is 0 Å². The van der Waals surface area contributed by atoms with Gasteiger partial charge in [-0.25, -0.2) is 0 Å². The summed E-state index contributed by atoms with van der Waals surface area (Å²) in [6.45, 7) is 8.96. The second-order valence-corrected chi connectivity index (χ2v) is 13.2. The van der Waals surface area contributed by atoms with Crippen molar-refractivity contribution in [3.05, 3.63) is 11.6 Å². The van der Waals surface area contributed by atoms with Gasteiger partial charge < -0.3 is 30.6 Å². The van der Waals surface area contributed by atoms with E-state index in [0.29, 0.717) is 44.1 Å². The molecule has 0 radical (unpaired) electrons. The summed E-state index contributed by atoms with van der Waals surface area (Å²) in [4.78, 5) is 13.2. The Kier molecular flexibility index (Phi) is 6.24. The molecule has 7 unspecified atom stereocenters. The second-order valence-electron chi connectivity index (χ2n) is 13.2. The molecule has 4 rings (SSSR count). The van der Waals surface area contributed by atoms with Crippen LogP contribution in [0.25, 0.3) is 0 Å². The first-order chi connectivity index (χ1) is 15.5. The molecule has 194 valence electrons. The average Bonchev–Trinajstić information content (AvgIpc) is 3.00. The molecule has 4 aliphatic carbocycles. The van der Waals surface area contributed by atoms with Gasteiger partial charge in [-0.05, 0) is 101 Å². The number of rotatable bonds is 5. The molecule has 0 aromatic rings. The second kappa shape index (κ2) is 8.09. The van der Waals surface area contributed by atoms with Gasteiger partial charge in [0.05, 0.1) is 35.1 Å². The molecule has 7 heteroatoms. The topological polar surface area (TPSA) is 138 Å². The molecule has 3 fully saturated rings. The maximum absolute atomic E-state index is 13.2. The highest BCUT2D eigenvalue weighted by molar-refractivity contribution is 5.95. The van der Waals surface area contributed by atoms with Crippen LogP contribution < -0.4 is 0 Å². The highest BCUT2D eigenvalue weighted by atomic mass is 16.3. The van der Waals surface area contributed by atoms with Crippen LogP contribution in [0.15, 0.2) is 11.6 Å². The van der Waals surface area contributed by atoms with Crippen LogP contribution in [0, 0.1) is 28.6 Å². The van der Waals surface area contributed by atoms with Gasteiger partial charge >= 0.3 is 0 Å². The molecular formula is C27H44O7. The third-order valence-corrected chi connectivity index (χ3v) is 10.5. The van der Waals surface area contributed by atoms with Crippen molar-refractivity contribution >= 4 is 5.78 Å². The third kappa shape index (κ3) is 3.73. The van der Waals surface area contributed by atoms with Crippen LogP contribution in [0.2, 0.25) is 0 Å². The van der Waals surface area contributed by atoms with E-state index in [1.165, 1.54) is 0 Å². The van der Waals surface area contributed by atoms with E-state index in [4.69, 9.17) is 0 Å². The molecule has 3 saturated carbocycles. The van der Waals surface area contributed by atoms with Crippen molar-refractivity contribution in [3.63, 3.8) is 0 Å². The maximum Gasteiger partial charge on any atom is 0.159 e. The Balaban J connectivity index is 1.66. The van der Waals surface area contributed by atoms with E-state index in [0.717, 1.165) is 0 Å². The predicted octanol–water partition coefficient (Wildman–Crippen LogP) is 1.85. The van der Waals surface area contributed by atoms with E-state index in [1.807, 2.05) is 13.8 Å². The fourth-order valence-electron chi connectivity index (χ4n) is 8.32. The minimum atomic E-state index is -1.46. The maximum atomic E-state index is 13.2. The Bertz CT molecular complexity index is 860. The van der Waals surface area contributed by atoms with Gasteiger partial charge in [-0.3, -0.25) is 4.79 Å². The normalized spacial score (nSPS) is 47.2. The lowest BCUT2D eigenvalue weighted by Crippen LogP contribution is -2.62. The number of carbonyl (C=O) groups excluding carboxylic acids is 1. The van der Waals surface area contributed by atoms with Crippen LogP contribution in [0.3, 0.4) is 0 Å². The smallest absolute Gasteiger partial charge is 0.159 e. The Morgan fingerprint density at radius 1 is 1.06 bits per heavy atom. The molecule has 0 aromatic heterocycles. The predicted molar refractivity (Wildman–Crippen MR) is 127 cm³/mol. The first kappa shape index (κ1) is 26.2. The number of allylic oxidation sites excluding steroid dienone is 1. The lowest BCUT2D eigenvalue weighted by Gasteiger charge is -2.60. The minimum absolute atomic E-state index is 0.0840. The fraction of sp³-hybridized carbons (Fsp3) is 0.889. The molecule has 0 amide bonds. The summed E-state index contributed by atoms with van der Waals surface area (Å²) in [6.07, 6.45) is 2.11. The summed E-state index contributed by atoms with van der Waals surface area (Å²) >= 11 is 0. The molecular weight excluding hydrogens is 436 g/mol. The lowest BCUT2D eigenvalue weighted by molar-refractivity contribution is -0.177. The van der Waals surface area contributed by atoms with Crippen LogP contribution in [0.1, 0.15) is 86.0 Å². The zero-order valence-corrected chi connectivity index (χ0v) is 21.3. The van der Waals surface area contributed by atoms with Crippen molar-refractivity contribution in [1.82, 2.24) is 0 Å². The van der Waals surface area contributed by atoms with E-state index < -0.39 is 45.9 Å². The van der Waals surface area contributed by atoms with E-state index in [2.05, 4.69) is 0 Å². The molecule has 34 heavy (non-hydrogen) atoms. The number of hydrogen-bond acceptors (Lipinski definition) is 7. The average molecular weight is 481 g/mol. The molecule has 0 aromatic carbocycles. The van der Waals surface area contributed by atoms with E-state index in [1.54, 1.807) is 26.8 Å². The first-order valence-electron chi connectivity index (χ1n) is 12.9. The number of carbonyl (C=O) groups is 1. The van der Waals surface area contributed by atoms with Gasteiger partial charge in [0, 0.05) is 11.3 Å². The van der Waals surface area contributed by atoms with Crippen molar-refractivity contribution in [2.75, 3.05) is 0 Å². The SMILES string of the molecule is CC(C)(O)CCC(O)[C@](C)(O)C1CCC2(O)C3=CC(=O)C4C[C@@H](O)[C@@H](O)CC4(C)C3CCC12C. The van der Waals surface area contributed by atoms with Crippen LogP contribution in [-0.2, 0) is 4.79 Å². The molecule has 0 saturated heterocycles. The number of aliphatic hydroxyl groups is 6. The Labute approximate surface area is 202 Å². The van der Waals surface area contributed by atoms with Crippen LogP contribution in [0.4, 0.5) is 0 Å². The highest BCUT2D eigenvalue weighted by Gasteiger charge is 2.69. The van der Waals surface area contributed by atoms with Crippen molar-refractivity contribution < 1.29 is 35.4 Å². The van der Waals surface area contributed by atoms with Gasteiger partial charge in [0.2, 0.25) is 0 Å². The Morgan fingerprint density at radius 3 is 2.32 bits per heavy atom.